The summed E-state index contributed by atoms with van der Waals surface area (Å²) in [6.45, 7) is 2.80. The topological polar surface area (TPSA) is 38.3 Å². The van der Waals surface area contributed by atoms with Crippen molar-refractivity contribution in [2.75, 3.05) is 13.2 Å². The average molecular weight is 193 g/mol. The third-order valence-electron chi connectivity index (χ3n) is 1.69. The number of benzene rings is 1. The van der Waals surface area contributed by atoms with Crippen LogP contribution in [0.25, 0.3) is 0 Å². The minimum Gasteiger partial charge on any atom is -0.484 e. The zero-order valence-corrected chi connectivity index (χ0v) is 8.32. The van der Waals surface area contributed by atoms with Crippen molar-refractivity contribution < 1.29 is 9.53 Å². The Kier molecular flexibility index (Phi) is 4.55. The highest BCUT2D eigenvalue weighted by Gasteiger charge is 1.99. The molecule has 0 heterocycles. The molecule has 0 aromatic heterocycles. The van der Waals surface area contributed by atoms with Gasteiger partial charge in [0.05, 0.1) is 0 Å². The number of para-hydroxylation sites is 1. The van der Waals surface area contributed by atoms with E-state index in [0.717, 1.165) is 12.2 Å². The van der Waals surface area contributed by atoms with Gasteiger partial charge >= 0.3 is 0 Å². The largest absolute Gasteiger partial charge is 0.484 e. The molecule has 0 aliphatic carbocycles. The molecule has 0 saturated heterocycles. The fourth-order valence-electron chi connectivity index (χ4n) is 0.981. The van der Waals surface area contributed by atoms with Gasteiger partial charge < -0.3 is 10.1 Å². The number of nitrogens with one attached hydrogen (secondary N) is 1. The fraction of sp³-hybridized carbons (Fsp3) is 0.364. The molecule has 14 heavy (non-hydrogen) atoms. The fourth-order valence-corrected chi connectivity index (χ4v) is 0.981. The summed E-state index contributed by atoms with van der Waals surface area (Å²) in [7, 11) is 0. The van der Waals surface area contributed by atoms with Gasteiger partial charge in [0.1, 0.15) is 5.75 Å². The number of amides is 1. The van der Waals surface area contributed by atoms with E-state index in [2.05, 4.69) is 5.32 Å². The second-order valence-corrected chi connectivity index (χ2v) is 2.95. The zero-order valence-electron chi connectivity index (χ0n) is 8.32. The predicted octanol–water partition coefficient (Wildman–Crippen LogP) is 1.59. The molecule has 0 spiro atoms. The van der Waals surface area contributed by atoms with E-state index in [1.165, 1.54) is 0 Å². The first kappa shape index (κ1) is 10.6. The van der Waals surface area contributed by atoms with E-state index >= 15 is 0 Å². The maximum Gasteiger partial charge on any atom is 0.257 e. The van der Waals surface area contributed by atoms with E-state index in [9.17, 15) is 4.79 Å². The molecular weight excluding hydrogens is 178 g/mol. The summed E-state index contributed by atoms with van der Waals surface area (Å²) >= 11 is 0. The Labute approximate surface area is 84.1 Å². The first-order chi connectivity index (χ1) is 6.83. The van der Waals surface area contributed by atoms with Crippen LogP contribution in [-0.2, 0) is 4.79 Å². The standard InChI is InChI=1S/C11H15NO2/c1-2-8-12-11(13)9-14-10-6-4-3-5-7-10/h3-7H,2,8-9H2,1H3,(H,12,13). The van der Waals surface area contributed by atoms with E-state index in [-0.39, 0.29) is 12.5 Å². The van der Waals surface area contributed by atoms with E-state index < -0.39 is 0 Å². The summed E-state index contributed by atoms with van der Waals surface area (Å²) in [5.41, 5.74) is 0. The molecule has 0 saturated carbocycles. The van der Waals surface area contributed by atoms with Crippen LogP contribution in [0.4, 0.5) is 0 Å². The molecular formula is C11H15NO2. The van der Waals surface area contributed by atoms with Crippen LogP contribution < -0.4 is 10.1 Å². The smallest absolute Gasteiger partial charge is 0.257 e. The van der Waals surface area contributed by atoms with Gasteiger partial charge in [-0.1, -0.05) is 25.1 Å². The lowest BCUT2D eigenvalue weighted by Crippen LogP contribution is -2.29. The normalized spacial score (nSPS) is 9.50. The van der Waals surface area contributed by atoms with Gasteiger partial charge in [-0.15, -0.1) is 0 Å². The van der Waals surface area contributed by atoms with Crippen LogP contribution in [0.2, 0.25) is 0 Å². The van der Waals surface area contributed by atoms with Crippen LogP contribution in [0.5, 0.6) is 5.75 Å². The molecule has 0 bridgehead atoms. The summed E-state index contributed by atoms with van der Waals surface area (Å²) in [4.78, 5) is 11.1. The first-order valence-corrected chi connectivity index (χ1v) is 4.77. The molecule has 76 valence electrons. The molecule has 1 aromatic rings. The summed E-state index contributed by atoms with van der Waals surface area (Å²) in [5.74, 6) is 0.648. The van der Waals surface area contributed by atoms with Crippen LogP contribution >= 0.6 is 0 Å². The van der Waals surface area contributed by atoms with E-state index in [0.29, 0.717) is 6.54 Å². The Hall–Kier alpha value is -1.51. The highest BCUT2D eigenvalue weighted by molar-refractivity contribution is 5.77. The molecule has 0 unspecified atom stereocenters. The monoisotopic (exact) mass is 193 g/mol. The van der Waals surface area contributed by atoms with Gasteiger partial charge in [-0.05, 0) is 18.6 Å². The Morgan fingerprint density at radius 1 is 1.36 bits per heavy atom. The number of hydrogen-bond acceptors (Lipinski definition) is 2. The van der Waals surface area contributed by atoms with Crippen molar-refractivity contribution in [3.05, 3.63) is 30.3 Å². The molecule has 1 rings (SSSR count). The van der Waals surface area contributed by atoms with E-state index in [4.69, 9.17) is 4.74 Å². The molecule has 1 N–H and O–H groups in total. The van der Waals surface area contributed by atoms with E-state index in [1.807, 2.05) is 37.3 Å². The third kappa shape index (κ3) is 3.94. The lowest BCUT2D eigenvalue weighted by atomic mass is 10.3. The van der Waals surface area contributed by atoms with Gasteiger partial charge in [0.15, 0.2) is 6.61 Å². The SMILES string of the molecule is CCCNC(=O)COc1ccccc1. The van der Waals surface area contributed by atoms with Crippen LogP contribution in [0.1, 0.15) is 13.3 Å². The second kappa shape index (κ2) is 6.02. The molecule has 3 nitrogen and oxygen atoms in total. The van der Waals surface area contributed by atoms with Crippen molar-refractivity contribution >= 4 is 5.91 Å². The van der Waals surface area contributed by atoms with Crippen molar-refractivity contribution in [3.8, 4) is 5.75 Å². The zero-order chi connectivity index (χ0) is 10.2. The molecule has 0 fully saturated rings. The van der Waals surface area contributed by atoms with Gasteiger partial charge in [-0.3, -0.25) is 4.79 Å². The molecule has 0 aliphatic heterocycles. The lowest BCUT2D eigenvalue weighted by molar-refractivity contribution is -0.123. The minimum absolute atomic E-state index is 0.0734. The molecule has 0 aliphatic rings. The Bertz CT molecular complexity index is 272. The number of carbonyl (C=O) groups excluding carboxylic acids is 1. The number of hydrogen-bond donors (Lipinski definition) is 1. The van der Waals surface area contributed by atoms with Crippen LogP contribution in [0.15, 0.2) is 30.3 Å². The van der Waals surface area contributed by atoms with Crippen molar-refractivity contribution in [2.45, 2.75) is 13.3 Å². The van der Waals surface area contributed by atoms with Crippen LogP contribution in [0, 0.1) is 0 Å². The maximum atomic E-state index is 11.1. The average Bonchev–Trinajstić information content (AvgIpc) is 2.25. The Balaban J connectivity index is 2.24. The number of ether oxygens (including phenoxy) is 1. The molecule has 1 aromatic carbocycles. The Morgan fingerprint density at radius 3 is 2.71 bits per heavy atom. The van der Waals surface area contributed by atoms with Gasteiger partial charge in [0, 0.05) is 6.54 Å². The second-order valence-electron chi connectivity index (χ2n) is 2.95. The maximum absolute atomic E-state index is 11.1. The van der Waals surface area contributed by atoms with Gasteiger partial charge in [0.2, 0.25) is 0 Å². The highest BCUT2D eigenvalue weighted by atomic mass is 16.5. The van der Waals surface area contributed by atoms with Crippen LogP contribution in [0.3, 0.4) is 0 Å². The molecule has 0 atom stereocenters. The summed E-state index contributed by atoms with van der Waals surface area (Å²) < 4.78 is 5.25. The van der Waals surface area contributed by atoms with Crippen LogP contribution in [-0.4, -0.2) is 19.1 Å². The first-order valence-electron chi connectivity index (χ1n) is 4.77. The quantitative estimate of drug-likeness (QED) is 0.771. The predicted molar refractivity (Wildman–Crippen MR) is 55.2 cm³/mol. The van der Waals surface area contributed by atoms with Gasteiger partial charge in [-0.2, -0.15) is 0 Å². The van der Waals surface area contributed by atoms with Crippen molar-refractivity contribution in [3.63, 3.8) is 0 Å². The molecule has 1 amide bonds. The van der Waals surface area contributed by atoms with Crippen molar-refractivity contribution in [1.82, 2.24) is 5.32 Å². The van der Waals surface area contributed by atoms with Gasteiger partial charge in [-0.25, -0.2) is 0 Å². The third-order valence-corrected chi connectivity index (χ3v) is 1.69. The minimum atomic E-state index is -0.0734. The molecule has 3 heteroatoms. The van der Waals surface area contributed by atoms with E-state index in [1.54, 1.807) is 0 Å². The van der Waals surface area contributed by atoms with Gasteiger partial charge in [0.25, 0.3) is 5.91 Å². The lowest BCUT2D eigenvalue weighted by Gasteiger charge is -2.05. The summed E-state index contributed by atoms with van der Waals surface area (Å²) in [5, 5.41) is 2.74. The number of carbonyl (C=O) groups is 1. The summed E-state index contributed by atoms with van der Waals surface area (Å²) in [6.07, 6.45) is 0.942. The van der Waals surface area contributed by atoms with Crippen molar-refractivity contribution in [1.29, 1.82) is 0 Å². The highest BCUT2D eigenvalue weighted by Crippen LogP contribution is 2.07. The Morgan fingerprint density at radius 2 is 2.07 bits per heavy atom. The number of rotatable bonds is 5. The van der Waals surface area contributed by atoms with Crippen molar-refractivity contribution in [2.24, 2.45) is 0 Å². The summed E-state index contributed by atoms with van der Waals surface area (Å²) in [6, 6.07) is 9.31. The molecule has 0 radical (unpaired) electrons.